The molecule has 2 saturated heterocycles. The number of aromatic nitrogens is 2. The minimum Gasteiger partial charge on any atom is -0.444 e. The summed E-state index contributed by atoms with van der Waals surface area (Å²) in [6.45, 7) is 19.3. The Bertz CT molecular complexity index is 2080. The Labute approximate surface area is 361 Å². The molecule has 1 aromatic heterocycles. The predicted octanol–water partition coefficient (Wildman–Crippen LogP) is 7.73. The van der Waals surface area contributed by atoms with E-state index in [1.165, 1.54) is 0 Å². The normalized spacial score (nSPS) is 17.7. The zero-order valence-electron chi connectivity index (χ0n) is 37.5. The summed E-state index contributed by atoms with van der Waals surface area (Å²) in [5.41, 5.74) is 3.11. The van der Waals surface area contributed by atoms with Gasteiger partial charge in [0.15, 0.2) is 5.78 Å². The molecule has 61 heavy (non-hydrogen) atoms. The number of aromatic amines is 1. The number of ketones is 1. The molecule has 0 spiro atoms. The summed E-state index contributed by atoms with van der Waals surface area (Å²) < 4.78 is 10.8. The van der Waals surface area contributed by atoms with Crippen molar-refractivity contribution in [1.29, 1.82) is 0 Å². The van der Waals surface area contributed by atoms with Gasteiger partial charge in [0.2, 0.25) is 11.8 Å². The van der Waals surface area contributed by atoms with Crippen molar-refractivity contribution in [2.24, 2.45) is 11.8 Å². The van der Waals surface area contributed by atoms with Gasteiger partial charge in [-0.1, -0.05) is 63.8 Å². The number of aryl methyl sites for hydroxylation is 1. The van der Waals surface area contributed by atoms with Crippen molar-refractivity contribution < 1.29 is 33.4 Å². The van der Waals surface area contributed by atoms with Crippen LogP contribution in [-0.4, -0.2) is 92.0 Å². The van der Waals surface area contributed by atoms with Gasteiger partial charge in [0.1, 0.15) is 29.1 Å². The molecule has 4 amide bonds. The van der Waals surface area contributed by atoms with Crippen LogP contribution in [0, 0.1) is 23.7 Å². The topological polar surface area (TPSA) is 163 Å². The van der Waals surface area contributed by atoms with Crippen LogP contribution >= 0.6 is 0 Å². The molecular weight excluding hydrogens is 773 g/mol. The van der Waals surface area contributed by atoms with Crippen LogP contribution in [0.2, 0.25) is 0 Å². The molecular formula is C48H64N6O7. The second-order valence-corrected chi connectivity index (χ2v) is 18.8. The number of H-pyrrole nitrogens is 1. The van der Waals surface area contributed by atoms with Gasteiger partial charge < -0.3 is 34.9 Å². The highest BCUT2D eigenvalue weighted by Gasteiger charge is 2.40. The van der Waals surface area contributed by atoms with Gasteiger partial charge in [0.25, 0.3) is 0 Å². The molecule has 13 nitrogen and oxygen atoms in total. The zero-order valence-corrected chi connectivity index (χ0v) is 37.5. The van der Waals surface area contributed by atoms with Crippen LogP contribution in [0.4, 0.5) is 9.59 Å². The lowest BCUT2D eigenvalue weighted by Gasteiger charge is -2.31. The number of alkyl carbamates (subject to hydrolysis) is 2. The Kier molecular flexibility index (Phi) is 15.1. The van der Waals surface area contributed by atoms with Crippen molar-refractivity contribution >= 4 is 29.8 Å². The molecule has 5 rings (SSSR count). The summed E-state index contributed by atoms with van der Waals surface area (Å²) in [6, 6.07) is 13.5. The number of hydrogen-bond acceptors (Lipinski definition) is 8. The summed E-state index contributed by atoms with van der Waals surface area (Å²) in [5.74, 6) is 6.47. The highest BCUT2D eigenvalue weighted by atomic mass is 16.6. The molecule has 2 aliphatic rings. The van der Waals surface area contributed by atoms with Gasteiger partial charge >= 0.3 is 12.2 Å². The molecule has 3 N–H and O–H groups in total. The molecule has 3 aromatic rings. The first-order chi connectivity index (χ1) is 28.7. The van der Waals surface area contributed by atoms with Gasteiger partial charge in [0, 0.05) is 30.6 Å². The van der Waals surface area contributed by atoms with Crippen LogP contribution in [-0.2, 0) is 30.3 Å². The highest BCUT2D eigenvalue weighted by molar-refractivity contribution is 5.93. The van der Waals surface area contributed by atoms with Crippen molar-refractivity contribution in [2.45, 2.75) is 143 Å². The minimum absolute atomic E-state index is 0.0179. The summed E-state index contributed by atoms with van der Waals surface area (Å²) in [6.07, 6.45) is 4.32. The molecule has 0 bridgehead atoms. The Morgan fingerprint density at radius 1 is 0.738 bits per heavy atom. The van der Waals surface area contributed by atoms with Gasteiger partial charge in [-0.3, -0.25) is 14.4 Å². The van der Waals surface area contributed by atoms with E-state index in [-0.39, 0.29) is 35.5 Å². The van der Waals surface area contributed by atoms with E-state index in [4.69, 9.17) is 9.47 Å². The molecule has 4 atom stereocenters. The van der Waals surface area contributed by atoms with E-state index in [0.717, 1.165) is 47.2 Å². The molecule has 2 fully saturated rings. The van der Waals surface area contributed by atoms with Crippen LogP contribution in [0.25, 0.3) is 11.3 Å². The smallest absolute Gasteiger partial charge is 0.408 e. The van der Waals surface area contributed by atoms with Crippen molar-refractivity contribution in [1.82, 2.24) is 30.4 Å². The molecule has 0 saturated carbocycles. The predicted molar refractivity (Wildman–Crippen MR) is 234 cm³/mol. The maximum absolute atomic E-state index is 13.7. The average molecular weight is 837 g/mol. The first-order valence-corrected chi connectivity index (χ1v) is 21.6. The second-order valence-electron chi connectivity index (χ2n) is 18.8. The monoisotopic (exact) mass is 836 g/mol. The van der Waals surface area contributed by atoms with Gasteiger partial charge in [-0.2, -0.15) is 0 Å². The summed E-state index contributed by atoms with van der Waals surface area (Å²) in [7, 11) is 0. The standard InChI is InChI=1S/C48H64N6O7/c1-30(2)40(51-45(58)60-47(5,6)7)43(56)53-27-11-13-37(53)39(55)26-23-33-18-15-32(16-19-33)17-20-34-21-24-35(25-22-34)36-29-49-42(50-36)38-14-12-28-54(38)44(57)41(31(3)4)52-46(59)61-48(8,9)10/h15-16,18-19,21-22,24-25,29-31,37-38,40-41H,11-14,23,26-28H2,1-10H3,(H,49,50)(H,51,58)(H,52,59)/t37?,38?,40-,41-/m1/s1. The Morgan fingerprint density at radius 2 is 1.23 bits per heavy atom. The van der Waals surface area contributed by atoms with Crippen LogP contribution in [0.5, 0.6) is 0 Å². The van der Waals surface area contributed by atoms with E-state index in [1.54, 1.807) is 52.6 Å². The molecule has 2 aromatic carbocycles. The molecule has 2 aliphatic heterocycles. The minimum atomic E-state index is -0.783. The molecule has 0 aliphatic carbocycles. The Hall–Kier alpha value is -5.64. The fourth-order valence-corrected chi connectivity index (χ4v) is 7.65. The van der Waals surface area contributed by atoms with Crippen LogP contribution in [0.15, 0.2) is 54.7 Å². The first-order valence-electron chi connectivity index (χ1n) is 21.6. The van der Waals surface area contributed by atoms with Gasteiger partial charge in [-0.25, -0.2) is 14.6 Å². The Balaban J connectivity index is 1.14. The molecule has 0 radical (unpaired) electrons. The molecule has 2 unspecified atom stereocenters. The van der Waals surface area contributed by atoms with Crippen molar-refractivity contribution in [3.05, 3.63) is 77.2 Å². The molecule has 13 heteroatoms. The number of carbonyl (C=O) groups is 5. The summed E-state index contributed by atoms with van der Waals surface area (Å²) in [4.78, 5) is 77.3. The van der Waals surface area contributed by atoms with Gasteiger partial charge in [-0.05, 0) is 121 Å². The summed E-state index contributed by atoms with van der Waals surface area (Å²) >= 11 is 0. The fraction of sp³-hybridized carbons (Fsp3) is 0.542. The van der Waals surface area contributed by atoms with E-state index < -0.39 is 41.5 Å². The number of likely N-dealkylation sites (tertiary alicyclic amines) is 2. The third kappa shape index (κ3) is 12.9. The van der Waals surface area contributed by atoms with E-state index in [0.29, 0.717) is 38.2 Å². The highest BCUT2D eigenvalue weighted by Crippen LogP contribution is 2.33. The van der Waals surface area contributed by atoms with Crippen molar-refractivity contribution in [3.63, 3.8) is 0 Å². The maximum atomic E-state index is 13.7. The first kappa shape index (κ1) is 46.4. The number of hydrogen-bond donors (Lipinski definition) is 3. The second kappa shape index (κ2) is 19.8. The number of nitrogens with one attached hydrogen (secondary N) is 3. The third-order valence-corrected chi connectivity index (χ3v) is 10.7. The van der Waals surface area contributed by atoms with E-state index in [9.17, 15) is 24.0 Å². The van der Waals surface area contributed by atoms with Crippen molar-refractivity contribution in [3.8, 4) is 23.1 Å². The van der Waals surface area contributed by atoms with Crippen LogP contribution in [0.1, 0.15) is 130 Å². The average Bonchev–Trinajstić information content (AvgIpc) is 3.98. The number of imidazole rings is 1. The fourth-order valence-electron chi connectivity index (χ4n) is 7.65. The lowest BCUT2D eigenvalue weighted by molar-refractivity contribution is -0.140. The van der Waals surface area contributed by atoms with E-state index in [2.05, 4.69) is 32.4 Å². The number of ether oxygens (including phenoxy) is 2. The SMILES string of the molecule is CC(C)[C@@H](NC(=O)OC(C)(C)C)C(=O)N1CCCC1C(=O)CCc1ccc(C#Cc2ccc(-c3cnc(C4CCCN4C(=O)[C@H](NC(=O)OC(C)(C)C)C(C)C)[nH]3)cc2)cc1. The molecule has 328 valence electrons. The number of nitrogens with zero attached hydrogens (tertiary/aromatic N) is 3. The van der Waals surface area contributed by atoms with Crippen LogP contribution < -0.4 is 10.6 Å². The zero-order chi connectivity index (χ0) is 44.6. The number of rotatable bonds is 12. The lowest BCUT2D eigenvalue weighted by atomic mass is 9.99. The Morgan fingerprint density at radius 3 is 1.75 bits per heavy atom. The molecule has 3 heterocycles. The lowest BCUT2D eigenvalue weighted by Crippen LogP contribution is -2.54. The third-order valence-electron chi connectivity index (χ3n) is 10.7. The van der Waals surface area contributed by atoms with Crippen LogP contribution in [0.3, 0.4) is 0 Å². The van der Waals surface area contributed by atoms with Gasteiger partial charge in [0.05, 0.1) is 24.0 Å². The van der Waals surface area contributed by atoms with Crippen molar-refractivity contribution in [2.75, 3.05) is 13.1 Å². The largest absolute Gasteiger partial charge is 0.444 e. The van der Waals surface area contributed by atoms with E-state index >= 15 is 0 Å². The van der Waals surface area contributed by atoms with E-state index in [1.807, 2.05) is 81.1 Å². The van der Waals surface area contributed by atoms with Gasteiger partial charge in [-0.15, -0.1) is 0 Å². The number of benzene rings is 2. The number of carbonyl (C=O) groups excluding carboxylic acids is 5. The summed E-state index contributed by atoms with van der Waals surface area (Å²) in [5, 5.41) is 5.52. The number of Topliss-reactive ketones (excluding diaryl/α,β-unsaturated/α-hetero) is 1. The maximum Gasteiger partial charge on any atom is 0.408 e. The quantitative estimate of drug-likeness (QED) is 0.156. The number of amides is 4.